The van der Waals surface area contributed by atoms with Gasteiger partial charge in [0.15, 0.2) is 0 Å². The van der Waals surface area contributed by atoms with Gasteiger partial charge in [0.25, 0.3) is 0 Å². The van der Waals surface area contributed by atoms with Crippen molar-refractivity contribution in [3.8, 4) is 0 Å². The van der Waals surface area contributed by atoms with Gasteiger partial charge in [-0.3, -0.25) is 0 Å². The molecule has 0 aliphatic carbocycles. The zero-order valence-electron chi connectivity index (χ0n) is 7.46. The molecule has 0 aromatic heterocycles. The van der Waals surface area contributed by atoms with Gasteiger partial charge in [-0.1, -0.05) is 47.3 Å². The fourth-order valence-corrected chi connectivity index (χ4v) is 1.55. The van der Waals surface area contributed by atoms with Crippen LogP contribution in [0.15, 0.2) is 31.4 Å². The van der Waals surface area contributed by atoms with Crippen LogP contribution in [-0.2, 0) is 0 Å². The van der Waals surface area contributed by atoms with Crippen LogP contribution in [0.3, 0.4) is 0 Å². The van der Waals surface area contributed by atoms with Gasteiger partial charge in [0.2, 0.25) is 0 Å². The lowest BCUT2D eigenvalue weighted by atomic mass is 10.0. The molecule has 1 rings (SSSR count). The van der Waals surface area contributed by atoms with Crippen LogP contribution >= 0.6 is 15.9 Å². The van der Waals surface area contributed by atoms with Crippen molar-refractivity contribution in [3.05, 3.63) is 48.0 Å². The van der Waals surface area contributed by atoms with Crippen LogP contribution in [-0.4, -0.2) is 11.1 Å². The number of hydrogen-bond donors (Lipinski definition) is 1. The SMILES string of the molecule is C=Cc1c(C(=C)Br)cccc1C(=O)O. The summed E-state index contributed by atoms with van der Waals surface area (Å²) in [6, 6.07) is 5.01. The van der Waals surface area contributed by atoms with Crippen molar-refractivity contribution < 1.29 is 9.90 Å². The standard InChI is InChI=1S/C11H9BrO2/c1-3-8-9(7(2)12)5-4-6-10(8)11(13)14/h3-6H,1-2H2,(H,13,14). The quantitative estimate of drug-likeness (QED) is 0.896. The molecule has 0 amide bonds. The first-order valence-corrected chi connectivity index (χ1v) is 4.70. The molecule has 0 aliphatic rings. The molecule has 1 N–H and O–H groups in total. The maximum Gasteiger partial charge on any atom is 0.336 e. The van der Waals surface area contributed by atoms with E-state index >= 15 is 0 Å². The number of hydrogen-bond acceptors (Lipinski definition) is 1. The molecular weight excluding hydrogens is 244 g/mol. The maximum atomic E-state index is 10.9. The molecule has 1 aromatic carbocycles. The Labute approximate surface area is 90.7 Å². The molecule has 0 aliphatic heterocycles. The third-order valence-electron chi connectivity index (χ3n) is 1.83. The minimum Gasteiger partial charge on any atom is -0.478 e. The highest BCUT2D eigenvalue weighted by atomic mass is 79.9. The van der Waals surface area contributed by atoms with Gasteiger partial charge in [-0.25, -0.2) is 4.79 Å². The van der Waals surface area contributed by atoms with Crippen molar-refractivity contribution in [2.45, 2.75) is 0 Å². The van der Waals surface area contributed by atoms with Crippen LogP contribution < -0.4 is 0 Å². The number of carboxylic acids is 1. The van der Waals surface area contributed by atoms with Gasteiger partial charge >= 0.3 is 5.97 Å². The molecule has 0 heterocycles. The summed E-state index contributed by atoms with van der Waals surface area (Å²) in [5, 5.41) is 8.91. The Balaban J connectivity index is 3.47. The average molecular weight is 253 g/mol. The van der Waals surface area contributed by atoms with Crippen molar-refractivity contribution in [1.82, 2.24) is 0 Å². The Morgan fingerprint density at radius 1 is 1.43 bits per heavy atom. The maximum absolute atomic E-state index is 10.9. The van der Waals surface area contributed by atoms with E-state index in [2.05, 4.69) is 29.1 Å². The second-order valence-electron chi connectivity index (χ2n) is 2.68. The van der Waals surface area contributed by atoms with E-state index in [0.717, 1.165) is 5.56 Å². The summed E-state index contributed by atoms with van der Waals surface area (Å²) in [4.78, 5) is 10.9. The van der Waals surface area contributed by atoms with E-state index in [1.54, 1.807) is 18.2 Å². The normalized spacial score (nSPS) is 9.50. The molecule has 14 heavy (non-hydrogen) atoms. The number of carboxylic acid groups (broad SMARTS) is 1. The zero-order valence-corrected chi connectivity index (χ0v) is 9.04. The number of carbonyl (C=O) groups is 1. The average Bonchev–Trinajstić information content (AvgIpc) is 2.16. The Bertz CT molecular complexity index is 375. The molecule has 3 heteroatoms. The molecule has 72 valence electrons. The van der Waals surface area contributed by atoms with Gasteiger partial charge in [-0.15, -0.1) is 0 Å². The lowest BCUT2D eigenvalue weighted by molar-refractivity contribution is 0.0696. The molecule has 0 atom stereocenters. The minimum absolute atomic E-state index is 0.234. The van der Waals surface area contributed by atoms with E-state index in [0.29, 0.717) is 10.0 Å². The number of rotatable bonds is 3. The number of halogens is 1. The van der Waals surface area contributed by atoms with Crippen molar-refractivity contribution in [1.29, 1.82) is 0 Å². The van der Waals surface area contributed by atoms with Crippen LogP contribution in [0.5, 0.6) is 0 Å². The lowest BCUT2D eigenvalue weighted by Crippen LogP contribution is -2.01. The highest BCUT2D eigenvalue weighted by molar-refractivity contribution is 9.15. The Morgan fingerprint density at radius 2 is 2.00 bits per heavy atom. The van der Waals surface area contributed by atoms with E-state index in [-0.39, 0.29) is 5.56 Å². The zero-order chi connectivity index (χ0) is 10.7. The second kappa shape index (κ2) is 4.24. The van der Waals surface area contributed by atoms with Crippen molar-refractivity contribution in [2.75, 3.05) is 0 Å². The molecule has 0 unspecified atom stereocenters. The van der Waals surface area contributed by atoms with Crippen LogP contribution in [0.25, 0.3) is 10.6 Å². The van der Waals surface area contributed by atoms with Gasteiger partial charge in [-0.2, -0.15) is 0 Å². The first kappa shape index (κ1) is 10.7. The molecule has 2 nitrogen and oxygen atoms in total. The summed E-state index contributed by atoms with van der Waals surface area (Å²) in [7, 11) is 0. The number of benzene rings is 1. The van der Waals surface area contributed by atoms with E-state index in [1.807, 2.05) is 0 Å². The molecule has 0 fully saturated rings. The minimum atomic E-state index is -0.962. The largest absolute Gasteiger partial charge is 0.478 e. The van der Waals surface area contributed by atoms with Crippen molar-refractivity contribution in [2.24, 2.45) is 0 Å². The Hall–Kier alpha value is -1.35. The van der Waals surface area contributed by atoms with Gasteiger partial charge in [-0.05, 0) is 17.2 Å². The van der Waals surface area contributed by atoms with Crippen LogP contribution in [0.1, 0.15) is 21.5 Å². The summed E-state index contributed by atoms with van der Waals surface area (Å²) >= 11 is 3.22. The van der Waals surface area contributed by atoms with Crippen molar-refractivity contribution >= 4 is 32.5 Å². The molecule has 0 saturated carbocycles. The monoisotopic (exact) mass is 252 g/mol. The fourth-order valence-electron chi connectivity index (χ4n) is 1.21. The first-order valence-electron chi connectivity index (χ1n) is 3.91. The summed E-state index contributed by atoms with van der Waals surface area (Å²) in [5.41, 5.74) is 1.57. The Morgan fingerprint density at radius 3 is 2.43 bits per heavy atom. The lowest BCUT2D eigenvalue weighted by Gasteiger charge is -2.07. The smallest absolute Gasteiger partial charge is 0.336 e. The highest BCUT2D eigenvalue weighted by Crippen LogP contribution is 2.26. The molecular formula is C11H9BrO2. The molecule has 0 bridgehead atoms. The molecule has 0 saturated heterocycles. The van der Waals surface area contributed by atoms with E-state index < -0.39 is 5.97 Å². The third-order valence-corrected chi connectivity index (χ3v) is 2.26. The number of aromatic carboxylic acids is 1. The molecule has 0 radical (unpaired) electrons. The van der Waals surface area contributed by atoms with Crippen LogP contribution in [0, 0.1) is 0 Å². The van der Waals surface area contributed by atoms with Crippen molar-refractivity contribution in [3.63, 3.8) is 0 Å². The van der Waals surface area contributed by atoms with Crippen LogP contribution in [0.4, 0.5) is 0 Å². The second-order valence-corrected chi connectivity index (χ2v) is 3.64. The molecule has 1 aromatic rings. The topological polar surface area (TPSA) is 37.3 Å². The highest BCUT2D eigenvalue weighted by Gasteiger charge is 2.11. The summed E-state index contributed by atoms with van der Waals surface area (Å²) < 4.78 is 0.649. The third kappa shape index (κ3) is 1.93. The Kier molecular flexibility index (Phi) is 3.25. The van der Waals surface area contributed by atoms with Gasteiger partial charge in [0, 0.05) is 4.48 Å². The summed E-state index contributed by atoms with van der Waals surface area (Å²) in [6.45, 7) is 7.30. The predicted octanol–water partition coefficient (Wildman–Crippen LogP) is 3.39. The van der Waals surface area contributed by atoms with Crippen LogP contribution in [0.2, 0.25) is 0 Å². The predicted molar refractivity (Wildman–Crippen MR) is 61.5 cm³/mol. The summed E-state index contributed by atoms with van der Waals surface area (Å²) in [5.74, 6) is -0.962. The fraction of sp³-hybridized carbons (Fsp3) is 0. The van der Waals surface area contributed by atoms with E-state index in [9.17, 15) is 4.79 Å². The first-order chi connectivity index (χ1) is 6.57. The van der Waals surface area contributed by atoms with E-state index in [4.69, 9.17) is 5.11 Å². The van der Waals surface area contributed by atoms with Gasteiger partial charge < -0.3 is 5.11 Å². The van der Waals surface area contributed by atoms with Gasteiger partial charge in [0.1, 0.15) is 0 Å². The van der Waals surface area contributed by atoms with E-state index in [1.165, 1.54) is 6.08 Å². The summed E-state index contributed by atoms with van der Waals surface area (Å²) in [6.07, 6.45) is 1.52. The molecule has 0 spiro atoms. The van der Waals surface area contributed by atoms with Gasteiger partial charge in [0.05, 0.1) is 5.56 Å².